The molecule has 0 aliphatic carbocycles. The first-order valence-corrected chi connectivity index (χ1v) is 10.4. The van der Waals surface area contributed by atoms with E-state index in [4.69, 9.17) is 0 Å². The Morgan fingerprint density at radius 1 is 1.14 bits per heavy atom. The molecule has 0 spiro atoms. The molecule has 0 bridgehead atoms. The first-order chi connectivity index (χ1) is 13.7. The molecule has 3 aromatic rings. The summed E-state index contributed by atoms with van der Waals surface area (Å²) in [6.45, 7) is 5.44. The average Bonchev–Trinajstić information content (AvgIpc) is 3.12. The molecule has 1 atom stereocenters. The van der Waals surface area contributed by atoms with E-state index in [-0.39, 0.29) is 11.2 Å². The molecule has 7 heteroatoms. The number of hydrogen-bond donors (Lipinski definition) is 1. The lowest BCUT2D eigenvalue weighted by Gasteiger charge is -2.13. The summed E-state index contributed by atoms with van der Waals surface area (Å²) in [6.07, 6.45) is 5.27. The second-order valence-corrected chi connectivity index (χ2v) is 7.79. The van der Waals surface area contributed by atoms with Crippen LogP contribution in [0.1, 0.15) is 25.8 Å². The molecule has 1 N–H and O–H groups in total. The molecular weight excluding hydrogens is 370 g/mol. The first-order valence-electron chi connectivity index (χ1n) is 9.51. The summed E-state index contributed by atoms with van der Waals surface area (Å²) < 4.78 is 2.08. The van der Waals surface area contributed by atoms with Crippen LogP contribution in [0.3, 0.4) is 0 Å². The summed E-state index contributed by atoms with van der Waals surface area (Å²) in [7, 11) is 0. The number of nitrogens with one attached hydrogen (secondary N) is 1. The van der Waals surface area contributed by atoms with E-state index in [1.165, 1.54) is 17.3 Å². The van der Waals surface area contributed by atoms with Crippen LogP contribution in [0.25, 0.3) is 11.4 Å². The summed E-state index contributed by atoms with van der Waals surface area (Å²) in [5.41, 5.74) is 2.19. The Balaban J connectivity index is 1.62. The minimum Gasteiger partial charge on any atom is -0.355 e. The van der Waals surface area contributed by atoms with Crippen LogP contribution in [-0.2, 0) is 17.8 Å². The van der Waals surface area contributed by atoms with Gasteiger partial charge in [0.05, 0.1) is 5.25 Å². The highest BCUT2D eigenvalue weighted by Crippen LogP contribution is 2.27. The van der Waals surface area contributed by atoms with Crippen molar-refractivity contribution < 1.29 is 4.79 Å². The fourth-order valence-electron chi connectivity index (χ4n) is 2.85. The van der Waals surface area contributed by atoms with Crippen LogP contribution in [-0.4, -0.2) is 37.5 Å². The summed E-state index contributed by atoms with van der Waals surface area (Å²) >= 11 is 1.44. The van der Waals surface area contributed by atoms with Gasteiger partial charge in [-0.15, -0.1) is 10.2 Å². The van der Waals surface area contributed by atoms with Crippen molar-refractivity contribution in [3.8, 4) is 11.4 Å². The fourth-order valence-corrected chi connectivity index (χ4v) is 3.75. The van der Waals surface area contributed by atoms with E-state index in [0.29, 0.717) is 6.54 Å². The average molecular weight is 396 g/mol. The Morgan fingerprint density at radius 2 is 1.89 bits per heavy atom. The normalized spacial score (nSPS) is 11.9. The lowest BCUT2D eigenvalue weighted by molar-refractivity contribution is -0.120. The number of benzene rings is 1. The second-order valence-electron chi connectivity index (χ2n) is 6.48. The van der Waals surface area contributed by atoms with Crippen molar-refractivity contribution >= 4 is 17.7 Å². The van der Waals surface area contributed by atoms with E-state index in [9.17, 15) is 4.79 Å². The van der Waals surface area contributed by atoms with Gasteiger partial charge >= 0.3 is 0 Å². The molecule has 1 amide bonds. The van der Waals surface area contributed by atoms with Gasteiger partial charge in [0.2, 0.25) is 5.91 Å². The highest BCUT2D eigenvalue weighted by Gasteiger charge is 2.20. The van der Waals surface area contributed by atoms with Crippen LogP contribution >= 0.6 is 11.8 Å². The molecule has 0 fully saturated rings. The van der Waals surface area contributed by atoms with Crippen LogP contribution in [0.5, 0.6) is 0 Å². The van der Waals surface area contributed by atoms with Gasteiger partial charge < -0.3 is 9.88 Å². The molecule has 6 nitrogen and oxygen atoms in total. The van der Waals surface area contributed by atoms with Crippen LogP contribution in [0.4, 0.5) is 0 Å². The summed E-state index contributed by atoms with van der Waals surface area (Å²) in [5, 5.41) is 12.2. The number of carbonyl (C=O) groups excluding carboxylic acids is 1. The number of thioether (sulfide) groups is 1. The minimum atomic E-state index is -0.249. The van der Waals surface area contributed by atoms with E-state index < -0.39 is 0 Å². The molecular formula is C21H25N5OS. The van der Waals surface area contributed by atoms with E-state index >= 15 is 0 Å². The van der Waals surface area contributed by atoms with Crippen molar-refractivity contribution in [1.29, 1.82) is 0 Å². The van der Waals surface area contributed by atoms with Crippen LogP contribution in [0, 0.1) is 0 Å². The van der Waals surface area contributed by atoms with E-state index in [0.717, 1.165) is 35.9 Å². The Labute approximate surface area is 169 Å². The third kappa shape index (κ3) is 5.19. The SMILES string of the molecule is CCCn1c(SC(C)C(=O)NCCc2ccccc2)nnc1-c1ccncc1. The molecule has 0 aliphatic heterocycles. The Bertz CT molecular complexity index is 882. The predicted octanol–water partition coefficient (Wildman–Crippen LogP) is 3.59. The highest BCUT2D eigenvalue weighted by molar-refractivity contribution is 8.00. The number of hydrogen-bond acceptors (Lipinski definition) is 5. The molecule has 0 aliphatic rings. The zero-order chi connectivity index (χ0) is 19.8. The molecule has 1 unspecified atom stereocenters. The second kappa shape index (κ2) is 10.0. The third-order valence-corrected chi connectivity index (χ3v) is 5.39. The van der Waals surface area contributed by atoms with Gasteiger partial charge in [0.25, 0.3) is 0 Å². The molecule has 0 saturated heterocycles. The van der Waals surface area contributed by atoms with Gasteiger partial charge in [-0.3, -0.25) is 9.78 Å². The number of carbonyl (C=O) groups is 1. The van der Waals surface area contributed by atoms with Crippen molar-refractivity contribution in [2.24, 2.45) is 0 Å². The van der Waals surface area contributed by atoms with Gasteiger partial charge in [-0.1, -0.05) is 49.0 Å². The van der Waals surface area contributed by atoms with Crippen molar-refractivity contribution in [3.63, 3.8) is 0 Å². The van der Waals surface area contributed by atoms with Gasteiger partial charge in [0, 0.05) is 31.0 Å². The van der Waals surface area contributed by atoms with Crippen molar-refractivity contribution in [1.82, 2.24) is 25.1 Å². The maximum absolute atomic E-state index is 12.5. The Kier molecular flexibility index (Phi) is 7.19. The van der Waals surface area contributed by atoms with Crippen molar-refractivity contribution in [2.45, 2.75) is 43.6 Å². The van der Waals surface area contributed by atoms with Gasteiger partial charge in [-0.05, 0) is 37.5 Å². The van der Waals surface area contributed by atoms with E-state index in [2.05, 4.69) is 44.1 Å². The summed E-state index contributed by atoms with van der Waals surface area (Å²) in [5.74, 6) is 0.820. The van der Waals surface area contributed by atoms with Crippen molar-refractivity contribution in [2.75, 3.05) is 6.54 Å². The third-order valence-electron chi connectivity index (χ3n) is 4.31. The topological polar surface area (TPSA) is 72.7 Å². The number of pyridine rings is 1. The maximum Gasteiger partial charge on any atom is 0.233 e. The standard InChI is InChI=1S/C21H25N5OS/c1-3-15-26-19(18-10-12-22-13-11-18)24-25-21(26)28-16(2)20(27)23-14-9-17-7-5-4-6-8-17/h4-8,10-13,16H,3,9,14-15H2,1-2H3,(H,23,27). The molecule has 0 saturated carbocycles. The number of rotatable bonds is 9. The van der Waals surface area contributed by atoms with E-state index in [1.54, 1.807) is 12.4 Å². The van der Waals surface area contributed by atoms with Gasteiger partial charge in [-0.2, -0.15) is 0 Å². The molecule has 2 aromatic heterocycles. The van der Waals surface area contributed by atoms with Crippen LogP contribution < -0.4 is 5.32 Å². The monoisotopic (exact) mass is 395 g/mol. The molecule has 3 rings (SSSR count). The van der Waals surface area contributed by atoms with Crippen LogP contribution in [0.2, 0.25) is 0 Å². The molecule has 28 heavy (non-hydrogen) atoms. The Hall–Kier alpha value is -2.67. The highest BCUT2D eigenvalue weighted by atomic mass is 32.2. The van der Waals surface area contributed by atoms with E-state index in [1.807, 2.05) is 37.3 Å². The zero-order valence-electron chi connectivity index (χ0n) is 16.2. The fraction of sp³-hybridized carbons (Fsp3) is 0.333. The molecule has 146 valence electrons. The molecule has 0 radical (unpaired) electrons. The van der Waals surface area contributed by atoms with Gasteiger partial charge in [0.15, 0.2) is 11.0 Å². The number of aromatic nitrogens is 4. The molecule has 2 heterocycles. The quantitative estimate of drug-likeness (QED) is 0.561. The van der Waals surface area contributed by atoms with Gasteiger partial charge in [-0.25, -0.2) is 0 Å². The van der Waals surface area contributed by atoms with Crippen molar-refractivity contribution in [3.05, 3.63) is 60.4 Å². The number of nitrogens with zero attached hydrogens (tertiary/aromatic N) is 4. The summed E-state index contributed by atoms with van der Waals surface area (Å²) in [4.78, 5) is 16.5. The molecule has 1 aromatic carbocycles. The first kappa shape index (κ1) is 20.1. The smallest absolute Gasteiger partial charge is 0.233 e. The maximum atomic E-state index is 12.5. The largest absolute Gasteiger partial charge is 0.355 e. The predicted molar refractivity (Wildman–Crippen MR) is 112 cm³/mol. The number of amides is 1. The zero-order valence-corrected chi connectivity index (χ0v) is 17.0. The summed E-state index contributed by atoms with van der Waals surface area (Å²) in [6, 6.07) is 14.0. The van der Waals surface area contributed by atoms with Gasteiger partial charge in [0.1, 0.15) is 0 Å². The van der Waals surface area contributed by atoms with Crippen LogP contribution in [0.15, 0.2) is 60.0 Å². The Morgan fingerprint density at radius 3 is 2.61 bits per heavy atom. The lowest BCUT2D eigenvalue weighted by Crippen LogP contribution is -2.32. The minimum absolute atomic E-state index is 0.0115. The lowest BCUT2D eigenvalue weighted by atomic mass is 10.1.